The van der Waals surface area contributed by atoms with E-state index < -0.39 is 5.97 Å². The number of rotatable bonds is 3. The van der Waals surface area contributed by atoms with Gasteiger partial charge in [0.2, 0.25) is 5.91 Å². The van der Waals surface area contributed by atoms with Gasteiger partial charge in [0, 0.05) is 19.5 Å². The molecule has 1 N–H and O–H groups in total. The maximum atomic E-state index is 11.4. The molecule has 1 fully saturated rings. The smallest absolute Gasteiger partial charge is 0.303 e. The van der Waals surface area contributed by atoms with Crippen LogP contribution in [-0.2, 0) is 9.59 Å². The van der Waals surface area contributed by atoms with Crippen LogP contribution >= 0.6 is 0 Å². The summed E-state index contributed by atoms with van der Waals surface area (Å²) in [5.41, 5.74) is 0. The number of hydrogen-bond acceptors (Lipinski definition) is 2. The second-order valence-electron chi connectivity index (χ2n) is 3.63. The zero-order valence-electron chi connectivity index (χ0n) is 7.82. The highest BCUT2D eigenvalue weighted by Crippen LogP contribution is 2.16. The molecule has 0 spiro atoms. The van der Waals surface area contributed by atoms with Crippen LogP contribution < -0.4 is 0 Å². The molecule has 13 heavy (non-hydrogen) atoms. The van der Waals surface area contributed by atoms with Crippen molar-refractivity contribution in [3.05, 3.63) is 0 Å². The topological polar surface area (TPSA) is 57.6 Å². The van der Waals surface area contributed by atoms with Gasteiger partial charge in [-0.15, -0.1) is 0 Å². The Morgan fingerprint density at radius 3 is 2.62 bits per heavy atom. The average Bonchev–Trinajstić information content (AvgIpc) is 2.47. The van der Waals surface area contributed by atoms with Crippen molar-refractivity contribution < 1.29 is 14.7 Å². The van der Waals surface area contributed by atoms with E-state index in [-0.39, 0.29) is 18.7 Å². The fourth-order valence-corrected chi connectivity index (χ4v) is 1.53. The molecular formula is C9H15NO3. The van der Waals surface area contributed by atoms with Crippen LogP contribution in [0.4, 0.5) is 0 Å². The first-order valence-corrected chi connectivity index (χ1v) is 4.59. The second-order valence-corrected chi connectivity index (χ2v) is 3.63. The average molecular weight is 185 g/mol. The predicted octanol–water partition coefficient (Wildman–Crippen LogP) is 0.720. The molecule has 1 saturated heterocycles. The fourth-order valence-electron chi connectivity index (χ4n) is 1.53. The molecule has 0 radical (unpaired) electrons. The Morgan fingerprint density at radius 2 is 2.15 bits per heavy atom. The Kier molecular flexibility index (Phi) is 3.28. The van der Waals surface area contributed by atoms with Gasteiger partial charge in [-0.1, -0.05) is 6.92 Å². The van der Waals surface area contributed by atoms with Crippen LogP contribution in [0.3, 0.4) is 0 Å². The minimum Gasteiger partial charge on any atom is -0.481 e. The summed E-state index contributed by atoms with van der Waals surface area (Å²) in [4.78, 5) is 23.3. The van der Waals surface area contributed by atoms with Crippen LogP contribution in [-0.4, -0.2) is 35.0 Å². The van der Waals surface area contributed by atoms with Crippen LogP contribution in [0.25, 0.3) is 0 Å². The predicted molar refractivity (Wildman–Crippen MR) is 47.2 cm³/mol. The lowest BCUT2D eigenvalue weighted by molar-refractivity contribution is -0.140. The van der Waals surface area contributed by atoms with Gasteiger partial charge in [-0.05, 0) is 12.3 Å². The monoisotopic (exact) mass is 185 g/mol. The van der Waals surface area contributed by atoms with Crippen LogP contribution in [0.2, 0.25) is 0 Å². The van der Waals surface area contributed by atoms with Gasteiger partial charge in [0.1, 0.15) is 0 Å². The molecule has 1 unspecified atom stereocenters. The van der Waals surface area contributed by atoms with Crippen LogP contribution in [0.5, 0.6) is 0 Å². The van der Waals surface area contributed by atoms with Crippen LogP contribution in [0, 0.1) is 5.92 Å². The number of carboxylic acid groups (broad SMARTS) is 1. The fraction of sp³-hybridized carbons (Fsp3) is 0.778. The molecule has 74 valence electrons. The molecule has 0 bridgehead atoms. The van der Waals surface area contributed by atoms with Gasteiger partial charge in [0.05, 0.1) is 6.42 Å². The molecule has 1 amide bonds. The Hall–Kier alpha value is -1.06. The first-order chi connectivity index (χ1) is 6.09. The van der Waals surface area contributed by atoms with Gasteiger partial charge in [-0.2, -0.15) is 0 Å². The molecule has 0 aliphatic carbocycles. The van der Waals surface area contributed by atoms with Crippen LogP contribution in [0.1, 0.15) is 26.2 Å². The van der Waals surface area contributed by atoms with Gasteiger partial charge in [0.15, 0.2) is 0 Å². The summed E-state index contributed by atoms with van der Waals surface area (Å²) in [6.45, 7) is 3.68. The third kappa shape index (κ3) is 3.05. The third-order valence-electron chi connectivity index (χ3n) is 2.33. The van der Waals surface area contributed by atoms with Crippen molar-refractivity contribution >= 4 is 11.9 Å². The van der Waals surface area contributed by atoms with Crippen LogP contribution in [0.15, 0.2) is 0 Å². The van der Waals surface area contributed by atoms with E-state index >= 15 is 0 Å². The summed E-state index contributed by atoms with van der Waals surface area (Å²) in [6, 6.07) is 0. The molecule has 1 aliphatic rings. The van der Waals surface area contributed by atoms with Crippen molar-refractivity contribution in [2.75, 3.05) is 13.1 Å². The van der Waals surface area contributed by atoms with Gasteiger partial charge in [-0.3, -0.25) is 9.59 Å². The zero-order chi connectivity index (χ0) is 9.84. The van der Waals surface area contributed by atoms with Crippen molar-refractivity contribution in [2.45, 2.75) is 26.2 Å². The van der Waals surface area contributed by atoms with Gasteiger partial charge >= 0.3 is 5.97 Å². The van der Waals surface area contributed by atoms with Crippen molar-refractivity contribution in [1.82, 2.24) is 4.90 Å². The van der Waals surface area contributed by atoms with Gasteiger partial charge < -0.3 is 10.0 Å². The van der Waals surface area contributed by atoms with E-state index in [1.165, 1.54) is 0 Å². The van der Waals surface area contributed by atoms with Crippen molar-refractivity contribution in [3.8, 4) is 0 Å². The molecule has 1 atom stereocenters. The van der Waals surface area contributed by atoms with Gasteiger partial charge in [-0.25, -0.2) is 0 Å². The molecule has 1 rings (SSSR count). The minimum absolute atomic E-state index is 0.0215. The SMILES string of the molecule is CC1CCN(C(=O)CCC(=O)O)C1. The number of hydrogen-bond donors (Lipinski definition) is 1. The van der Waals surface area contributed by atoms with E-state index in [9.17, 15) is 9.59 Å². The summed E-state index contributed by atoms with van der Waals surface area (Å²) in [7, 11) is 0. The number of nitrogens with zero attached hydrogens (tertiary/aromatic N) is 1. The summed E-state index contributed by atoms with van der Waals surface area (Å²) in [5, 5.41) is 8.39. The second kappa shape index (κ2) is 4.25. The molecule has 0 saturated carbocycles. The Bertz CT molecular complexity index is 215. The number of carboxylic acids is 1. The zero-order valence-corrected chi connectivity index (χ0v) is 7.82. The summed E-state index contributed by atoms with van der Waals surface area (Å²) >= 11 is 0. The highest BCUT2D eigenvalue weighted by Gasteiger charge is 2.22. The number of aliphatic carboxylic acids is 1. The maximum Gasteiger partial charge on any atom is 0.303 e. The third-order valence-corrected chi connectivity index (χ3v) is 2.33. The summed E-state index contributed by atoms with van der Waals surface area (Å²) in [6.07, 6.45) is 1.13. The number of carbonyl (C=O) groups is 2. The Labute approximate surface area is 77.5 Å². The molecular weight excluding hydrogens is 170 g/mol. The summed E-state index contributed by atoms with van der Waals surface area (Å²) < 4.78 is 0. The molecule has 4 nitrogen and oxygen atoms in total. The van der Waals surface area contributed by atoms with E-state index in [4.69, 9.17) is 5.11 Å². The van der Waals surface area contributed by atoms with Crippen molar-refractivity contribution in [2.24, 2.45) is 5.92 Å². The van der Waals surface area contributed by atoms with E-state index in [1.54, 1.807) is 4.90 Å². The maximum absolute atomic E-state index is 11.4. The highest BCUT2D eigenvalue weighted by molar-refractivity contribution is 5.80. The molecule has 1 aliphatic heterocycles. The summed E-state index contributed by atoms with van der Waals surface area (Å²) in [5.74, 6) is -0.360. The first-order valence-electron chi connectivity index (χ1n) is 4.59. The Balaban J connectivity index is 2.27. The molecule has 1 heterocycles. The number of carbonyl (C=O) groups excluding carboxylic acids is 1. The molecule has 4 heteroatoms. The quantitative estimate of drug-likeness (QED) is 0.704. The minimum atomic E-state index is -0.902. The van der Waals surface area contributed by atoms with E-state index in [1.807, 2.05) is 0 Å². The molecule has 0 aromatic rings. The lowest BCUT2D eigenvalue weighted by atomic mass is 10.2. The number of likely N-dealkylation sites (tertiary alicyclic amines) is 1. The standard InChI is InChI=1S/C9H15NO3/c1-7-4-5-10(6-7)8(11)2-3-9(12)13/h7H,2-6H2,1H3,(H,12,13). The largest absolute Gasteiger partial charge is 0.481 e. The molecule has 0 aromatic carbocycles. The van der Waals surface area contributed by atoms with E-state index in [0.717, 1.165) is 19.5 Å². The van der Waals surface area contributed by atoms with E-state index in [0.29, 0.717) is 5.92 Å². The normalized spacial score (nSPS) is 21.9. The Morgan fingerprint density at radius 1 is 1.46 bits per heavy atom. The van der Waals surface area contributed by atoms with Crippen molar-refractivity contribution in [3.63, 3.8) is 0 Å². The number of amides is 1. The lowest BCUT2D eigenvalue weighted by Gasteiger charge is -2.14. The van der Waals surface area contributed by atoms with E-state index in [2.05, 4.69) is 6.92 Å². The first kappa shape index (κ1) is 10.0. The molecule has 0 aromatic heterocycles. The highest BCUT2D eigenvalue weighted by atomic mass is 16.4. The van der Waals surface area contributed by atoms with Gasteiger partial charge in [0.25, 0.3) is 0 Å². The van der Waals surface area contributed by atoms with Crippen molar-refractivity contribution in [1.29, 1.82) is 0 Å². The lowest BCUT2D eigenvalue weighted by Crippen LogP contribution is -2.28.